The molecule has 1 saturated heterocycles. The van der Waals surface area contributed by atoms with E-state index in [9.17, 15) is 9.18 Å². The van der Waals surface area contributed by atoms with Crippen LogP contribution >= 0.6 is 0 Å². The van der Waals surface area contributed by atoms with E-state index in [1.165, 1.54) is 24.3 Å². The number of nitrogens with one attached hydrogen (secondary N) is 1. The van der Waals surface area contributed by atoms with E-state index in [0.717, 1.165) is 24.2 Å². The molecular weight excluding hydrogens is 309 g/mol. The first-order chi connectivity index (χ1) is 11.7. The number of halogens is 1. The molecule has 2 heterocycles. The highest BCUT2D eigenvalue weighted by Crippen LogP contribution is 2.32. The summed E-state index contributed by atoms with van der Waals surface area (Å²) in [6.07, 6.45) is 3.64. The predicted molar refractivity (Wildman–Crippen MR) is 89.4 cm³/mol. The minimum atomic E-state index is -0.327. The van der Waals surface area contributed by atoms with Crippen LogP contribution in [0.25, 0.3) is 0 Å². The minimum Gasteiger partial charge on any atom is -0.484 e. The second kappa shape index (κ2) is 7.29. The van der Waals surface area contributed by atoms with E-state index in [1.54, 1.807) is 6.20 Å². The van der Waals surface area contributed by atoms with Gasteiger partial charge in [0.25, 0.3) is 5.91 Å². The molecule has 0 aliphatic carbocycles. The zero-order chi connectivity index (χ0) is 16.9. The number of rotatable bonds is 5. The summed E-state index contributed by atoms with van der Waals surface area (Å²) in [5.41, 5.74) is 1.07. The van der Waals surface area contributed by atoms with Crippen molar-refractivity contribution >= 4 is 11.7 Å². The number of aromatic nitrogens is 1. The molecule has 0 saturated carbocycles. The number of ether oxygens (including phenoxy) is 1. The predicted octanol–water partition coefficient (Wildman–Crippen LogP) is 3.00. The van der Waals surface area contributed by atoms with Gasteiger partial charge in [0.1, 0.15) is 17.4 Å². The molecule has 5 nitrogen and oxygen atoms in total. The van der Waals surface area contributed by atoms with Crippen molar-refractivity contribution in [3.8, 4) is 5.75 Å². The summed E-state index contributed by atoms with van der Waals surface area (Å²) in [6, 6.07) is 9.63. The van der Waals surface area contributed by atoms with Crippen LogP contribution in [0, 0.1) is 5.82 Å². The zero-order valence-corrected chi connectivity index (χ0v) is 13.5. The average molecular weight is 329 g/mol. The lowest BCUT2D eigenvalue weighted by atomic mass is 10.1. The second-order valence-corrected chi connectivity index (χ2v) is 5.71. The standard InChI is InChI=1S/C18H20FN3O2/c1-20-17-11-13(8-9-21-17)16-3-2-10-22(16)18(23)12-24-15-6-4-14(19)5-7-15/h4-9,11,16H,2-3,10,12H2,1H3,(H,20,21). The summed E-state index contributed by atoms with van der Waals surface area (Å²) in [7, 11) is 1.82. The van der Waals surface area contributed by atoms with Crippen LogP contribution in [0.5, 0.6) is 5.75 Å². The lowest BCUT2D eigenvalue weighted by Crippen LogP contribution is -2.34. The average Bonchev–Trinajstić information content (AvgIpc) is 3.11. The molecule has 1 aromatic carbocycles. The Balaban J connectivity index is 1.65. The van der Waals surface area contributed by atoms with E-state index >= 15 is 0 Å². The van der Waals surface area contributed by atoms with Gasteiger partial charge in [-0.05, 0) is 54.8 Å². The maximum Gasteiger partial charge on any atom is 0.261 e. The molecule has 1 N–H and O–H groups in total. The number of likely N-dealkylation sites (tertiary alicyclic amines) is 1. The van der Waals surface area contributed by atoms with E-state index in [4.69, 9.17) is 4.74 Å². The van der Waals surface area contributed by atoms with Crippen LogP contribution in [0.15, 0.2) is 42.6 Å². The van der Waals surface area contributed by atoms with Crippen LogP contribution in [0.2, 0.25) is 0 Å². The number of pyridine rings is 1. The first kappa shape index (κ1) is 16.2. The monoisotopic (exact) mass is 329 g/mol. The van der Waals surface area contributed by atoms with Crippen LogP contribution < -0.4 is 10.1 Å². The van der Waals surface area contributed by atoms with Crippen LogP contribution in [-0.2, 0) is 4.79 Å². The molecule has 6 heteroatoms. The fourth-order valence-electron chi connectivity index (χ4n) is 2.96. The van der Waals surface area contributed by atoms with Gasteiger partial charge in [-0.2, -0.15) is 0 Å². The number of amides is 1. The summed E-state index contributed by atoms with van der Waals surface area (Å²) in [4.78, 5) is 18.6. The van der Waals surface area contributed by atoms with Gasteiger partial charge in [-0.1, -0.05) is 0 Å². The fourth-order valence-corrected chi connectivity index (χ4v) is 2.96. The van der Waals surface area contributed by atoms with Crippen molar-refractivity contribution in [2.24, 2.45) is 0 Å². The number of nitrogens with zero attached hydrogens (tertiary/aromatic N) is 2. The molecule has 2 aromatic rings. The van der Waals surface area contributed by atoms with Crippen molar-refractivity contribution in [3.63, 3.8) is 0 Å². The van der Waals surface area contributed by atoms with E-state index in [0.29, 0.717) is 12.3 Å². The van der Waals surface area contributed by atoms with Crippen LogP contribution in [-0.4, -0.2) is 36.0 Å². The normalized spacial score (nSPS) is 16.9. The molecule has 3 rings (SSSR count). The van der Waals surface area contributed by atoms with Gasteiger partial charge in [-0.3, -0.25) is 4.79 Å². The van der Waals surface area contributed by atoms with Crippen molar-refractivity contribution in [2.75, 3.05) is 25.5 Å². The van der Waals surface area contributed by atoms with Crippen molar-refractivity contribution in [1.29, 1.82) is 0 Å². The molecular formula is C18H20FN3O2. The second-order valence-electron chi connectivity index (χ2n) is 5.71. The zero-order valence-electron chi connectivity index (χ0n) is 13.5. The first-order valence-corrected chi connectivity index (χ1v) is 7.99. The number of carbonyl (C=O) groups excluding carboxylic acids is 1. The van der Waals surface area contributed by atoms with Gasteiger partial charge in [0.2, 0.25) is 0 Å². The molecule has 24 heavy (non-hydrogen) atoms. The van der Waals surface area contributed by atoms with Crippen molar-refractivity contribution in [3.05, 3.63) is 54.0 Å². The van der Waals surface area contributed by atoms with E-state index in [-0.39, 0.29) is 24.4 Å². The quantitative estimate of drug-likeness (QED) is 0.916. The molecule has 1 aliphatic heterocycles. The highest BCUT2D eigenvalue weighted by Gasteiger charge is 2.30. The maximum atomic E-state index is 12.9. The van der Waals surface area contributed by atoms with E-state index < -0.39 is 0 Å². The Morgan fingerprint density at radius 3 is 2.92 bits per heavy atom. The molecule has 1 atom stereocenters. The number of hydrogen-bond acceptors (Lipinski definition) is 4. The molecule has 1 unspecified atom stereocenters. The molecule has 0 radical (unpaired) electrons. The van der Waals surface area contributed by atoms with Gasteiger partial charge in [0.05, 0.1) is 6.04 Å². The molecule has 1 amide bonds. The summed E-state index contributed by atoms with van der Waals surface area (Å²) in [6.45, 7) is 0.666. The Labute approximate surface area is 140 Å². The van der Waals surface area contributed by atoms with Gasteiger partial charge in [-0.15, -0.1) is 0 Å². The van der Waals surface area contributed by atoms with Crippen LogP contribution in [0.4, 0.5) is 10.2 Å². The Morgan fingerprint density at radius 1 is 1.38 bits per heavy atom. The molecule has 1 aromatic heterocycles. The largest absolute Gasteiger partial charge is 0.484 e. The van der Waals surface area contributed by atoms with E-state index in [2.05, 4.69) is 10.3 Å². The van der Waals surface area contributed by atoms with Crippen molar-refractivity contribution < 1.29 is 13.9 Å². The van der Waals surface area contributed by atoms with Gasteiger partial charge in [-0.25, -0.2) is 9.37 Å². The third-order valence-electron chi connectivity index (χ3n) is 4.17. The number of carbonyl (C=O) groups is 1. The first-order valence-electron chi connectivity index (χ1n) is 7.99. The highest BCUT2D eigenvalue weighted by atomic mass is 19.1. The van der Waals surface area contributed by atoms with Crippen molar-refractivity contribution in [1.82, 2.24) is 9.88 Å². The SMILES string of the molecule is CNc1cc(C2CCCN2C(=O)COc2ccc(F)cc2)ccn1. The van der Waals surface area contributed by atoms with E-state index in [1.807, 2.05) is 24.1 Å². The minimum absolute atomic E-state index is 0.0458. The smallest absolute Gasteiger partial charge is 0.261 e. The lowest BCUT2D eigenvalue weighted by molar-refractivity contribution is -0.134. The van der Waals surface area contributed by atoms with Gasteiger partial charge >= 0.3 is 0 Å². The number of anilines is 1. The fraction of sp³-hybridized carbons (Fsp3) is 0.333. The maximum absolute atomic E-state index is 12.9. The van der Waals surface area contributed by atoms with Gasteiger partial charge < -0.3 is 15.0 Å². The Bertz CT molecular complexity index is 706. The third kappa shape index (κ3) is 3.64. The van der Waals surface area contributed by atoms with Gasteiger partial charge in [0, 0.05) is 19.8 Å². The molecule has 0 spiro atoms. The Hall–Kier alpha value is -2.63. The summed E-state index contributed by atoms with van der Waals surface area (Å²) in [5, 5.41) is 3.02. The molecule has 1 fully saturated rings. The number of benzene rings is 1. The topological polar surface area (TPSA) is 54.5 Å². The van der Waals surface area contributed by atoms with Crippen LogP contribution in [0.3, 0.4) is 0 Å². The summed E-state index contributed by atoms with van der Waals surface area (Å²) < 4.78 is 18.4. The van der Waals surface area contributed by atoms with Crippen LogP contribution in [0.1, 0.15) is 24.4 Å². The highest BCUT2D eigenvalue weighted by molar-refractivity contribution is 5.78. The molecule has 0 bridgehead atoms. The third-order valence-corrected chi connectivity index (χ3v) is 4.17. The molecule has 126 valence electrons. The van der Waals surface area contributed by atoms with Crippen molar-refractivity contribution in [2.45, 2.75) is 18.9 Å². The Morgan fingerprint density at radius 2 is 2.17 bits per heavy atom. The Kier molecular flexibility index (Phi) is 4.93. The summed E-state index contributed by atoms with van der Waals surface area (Å²) >= 11 is 0. The lowest BCUT2D eigenvalue weighted by Gasteiger charge is -2.25. The molecule has 1 aliphatic rings. The number of hydrogen-bond donors (Lipinski definition) is 1. The van der Waals surface area contributed by atoms with Gasteiger partial charge in [0.15, 0.2) is 6.61 Å². The summed E-state index contributed by atoms with van der Waals surface area (Å²) in [5.74, 6) is 0.882.